The summed E-state index contributed by atoms with van der Waals surface area (Å²) in [4.78, 5) is 0. The first kappa shape index (κ1) is 34.6. The van der Waals surface area contributed by atoms with E-state index in [4.69, 9.17) is 22.6 Å². The monoisotopic (exact) mass is 706 g/mol. The molecule has 2 aromatic heterocycles. The van der Waals surface area contributed by atoms with Crippen molar-refractivity contribution < 1.29 is 0 Å². The molecule has 6 nitrogen and oxygen atoms in total. The summed E-state index contributed by atoms with van der Waals surface area (Å²) in [6.07, 6.45) is 25.8. The Hall–Kier alpha value is -6.53. The van der Waals surface area contributed by atoms with Crippen molar-refractivity contribution in [1.82, 2.24) is 9.13 Å². The lowest BCUT2D eigenvalue weighted by molar-refractivity contribution is 0.884. The number of allylic oxidation sites excluding steroid dienone is 12. The van der Waals surface area contributed by atoms with Gasteiger partial charge in [-0.2, -0.15) is 0 Å². The minimum absolute atomic E-state index is 0.902. The van der Waals surface area contributed by atoms with Crippen molar-refractivity contribution in [2.75, 3.05) is 0 Å². The lowest BCUT2D eigenvalue weighted by atomic mass is 9.74. The molecular formula is C48H46N6. The maximum atomic E-state index is 7.73. The van der Waals surface area contributed by atoms with Gasteiger partial charge in [-0.25, -0.2) is 0 Å². The van der Waals surface area contributed by atoms with Crippen molar-refractivity contribution in [3.8, 4) is 11.1 Å². The third-order valence-corrected chi connectivity index (χ3v) is 11.3. The van der Waals surface area contributed by atoms with Crippen LogP contribution in [-0.2, 0) is 25.7 Å². The van der Waals surface area contributed by atoms with E-state index in [1.54, 1.807) is 24.7 Å². The molecule has 8 rings (SSSR count). The second-order valence-electron chi connectivity index (χ2n) is 14.1. The zero-order chi connectivity index (χ0) is 37.7. The molecule has 0 saturated heterocycles. The van der Waals surface area contributed by atoms with Gasteiger partial charge in [-0.05, 0) is 181 Å². The number of hydrogen-bond donors (Lipinski definition) is 4. The molecule has 0 amide bonds. The highest BCUT2D eigenvalue weighted by Gasteiger charge is 2.33. The van der Waals surface area contributed by atoms with Crippen molar-refractivity contribution in [3.05, 3.63) is 156 Å². The molecule has 6 heteroatoms. The molecule has 2 aliphatic carbocycles. The minimum atomic E-state index is 0.902. The van der Waals surface area contributed by atoms with Crippen LogP contribution in [0.2, 0.25) is 0 Å². The van der Waals surface area contributed by atoms with Crippen LogP contribution in [0.5, 0.6) is 0 Å². The van der Waals surface area contributed by atoms with Gasteiger partial charge >= 0.3 is 0 Å². The number of nitrogens with one attached hydrogen (secondary N) is 1. The first-order valence-electron chi connectivity index (χ1n) is 18.7. The second-order valence-corrected chi connectivity index (χ2v) is 14.1. The predicted molar refractivity (Wildman–Crippen MR) is 233 cm³/mol. The van der Waals surface area contributed by atoms with Gasteiger partial charge in [0.1, 0.15) is 0 Å². The van der Waals surface area contributed by atoms with E-state index >= 15 is 0 Å². The maximum absolute atomic E-state index is 7.73. The van der Waals surface area contributed by atoms with Gasteiger partial charge in [0.2, 0.25) is 0 Å². The highest BCUT2D eigenvalue weighted by atomic mass is 15.0. The summed E-state index contributed by atoms with van der Waals surface area (Å²) in [6.45, 7) is 10.3. The van der Waals surface area contributed by atoms with Gasteiger partial charge in [-0.1, -0.05) is 36.9 Å². The number of hydrogen-bond acceptors (Lipinski definition) is 4. The average molecular weight is 707 g/mol. The van der Waals surface area contributed by atoms with Gasteiger partial charge in [0, 0.05) is 39.7 Å². The van der Waals surface area contributed by atoms with Crippen LogP contribution in [0.25, 0.3) is 77.3 Å². The topological polar surface area (TPSA) is 112 Å². The first-order chi connectivity index (χ1) is 26.4. The summed E-state index contributed by atoms with van der Waals surface area (Å²) in [5.74, 6) is 0. The van der Waals surface area contributed by atoms with E-state index in [2.05, 4.69) is 102 Å². The van der Waals surface area contributed by atoms with Crippen LogP contribution < -0.4 is 17.2 Å². The summed E-state index contributed by atoms with van der Waals surface area (Å²) < 4.78 is 4.80. The molecule has 0 saturated carbocycles. The van der Waals surface area contributed by atoms with Crippen molar-refractivity contribution in [2.45, 2.75) is 46.5 Å². The Kier molecular flexibility index (Phi) is 8.82. The van der Waals surface area contributed by atoms with E-state index in [0.29, 0.717) is 0 Å². The number of aromatic nitrogens is 2. The van der Waals surface area contributed by atoms with Gasteiger partial charge < -0.3 is 31.7 Å². The van der Waals surface area contributed by atoms with Gasteiger partial charge in [-0.15, -0.1) is 0 Å². The van der Waals surface area contributed by atoms with Gasteiger partial charge in [0.05, 0.1) is 27.8 Å². The van der Waals surface area contributed by atoms with Gasteiger partial charge in [0.15, 0.2) is 0 Å². The first-order valence-corrected chi connectivity index (χ1v) is 18.7. The quantitative estimate of drug-likeness (QED) is 0.0887. The third kappa shape index (κ3) is 5.12. The maximum Gasteiger partial charge on any atom is 0.0613 e. The summed E-state index contributed by atoms with van der Waals surface area (Å²) in [5.41, 5.74) is 37.5. The van der Waals surface area contributed by atoms with Gasteiger partial charge in [-0.3, -0.25) is 0 Å². The van der Waals surface area contributed by atoms with E-state index in [1.807, 2.05) is 25.2 Å². The Labute approximate surface area is 316 Å². The summed E-state index contributed by atoms with van der Waals surface area (Å²) in [5, 5.41) is 12.6. The van der Waals surface area contributed by atoms with E-state index < -0.39 is 0 Å². The fourth-order valence-electron chi connectivity index (χ4n) is 9.13. The van der Waals surface area contributed by atoms with Crippen LogP contribution >= 0.6 is 0 Å². The molecule has 0 fully saturated rings. The molecular weight excluding hydrogens is 661 g/mol. The Morgan fingerprint density at radius 2 is 1.30 bits per heavy atom. The molecule has 0 bridgehead atoms. The van der Waals surface area contributed by atoms with E-state index in [1.165, 1.54) is 72.2 Å². The van der Waals surface area contributed by atoms with E-state index in [-0.39, 0.29) is 0 Å². The predicted octanol–water partition coefficient (Wildman–Crippen LogP) is 10.5. The Balaban J connectivity index is 1.49. The molecule has 0 spiro atoms. The molecule has 0 unspecified atom stereocenters. The van der Waals surface area contributed by atoms with Crippen LogP contribution in [0.4, 0.5) is 0 Å². The second kappa shape index (κ2) is 13.8. The zero-order valence-corrected chi connectivity index (χ0v) is 31.2. The van der Waals surface area contributed by atoms with Crippen LogP contribution in [0.1, 0.15) is 54.2 Å². The number of nitrogens with two attached hydrogens (primary N) is 3. The van der Waals surface area contributed by atoms with E-state index in [0.717, 1.165) is 70.4 Å². The fourth-order valence-corrected chi connectivity index (χ4v) is 9.13. The number of benzene rings is 4. The smallest absolute Gasteiger partial charge is 0.0613 e. The molecule has 6 aromatic rings. The van der Waals surface area contributed by atoms with Crippen LogP contribution in [0.3, 0.4) is 0 Å². The molecule has 0 radical (unpaired) electrons. The molecule has 4 aromatic carbocycles. The Bertz CT molecular complexity index is 2800. The van der Waals surface area contributed by atoms with Crippen molar-refractivity contribution >= 4 is 72.4 Å². The molecule has 7 N–H and O–H groups in total. The SMILES string of the molecule is C=C/C(=C\C=N)c1ccc2c(c1)c1cc3c4c(c1n2/C(C)=C/C=C\N)CCc1c-4c(cc2c4cc(C(/C=C\N)=C/C)ccc4n(C(/C=C\C)=C/N)c12)CC3. The van der Waals surface area contributed by atoms with Crippen molar-refractivity contribution in [1.29, 1.82) is 5.41 Å². The summed E-state index contributed by atoms with van der Waals surface area (Å²) >= 11 is 0. The van der Waals surface area contributed by atoms with E-state index in [9.17, 15) is 0 Å². The lowest BCUT2D eigenvalue weighted by Crippen LogP contribution is -2.16. The van der Waals surface area contributed by atoms with Crippen molar-refractivity contribution in [2.24, 2.45) is 17.2 Å². The largest absolute Gasteiger partial charge is 0.405 e. The van der Waals surface area contributed by atoms with Crippen LogP contribution in [0, 0.1) is 5.41 Å². The summed E-state index contributed by atoms with van der Waals surface area (Å²) in [7, 11) is 0. The fraction of sp³-hybridized carbons (Fsp3) is 0.146. The zero-order valence-electron chi connectivity index (χ0n) is 31.2. The summed E-state index contributed by atoms with van der Waals surface area (Å²) in [6, 6.07) is 18.3. The third-order valence-electron chi connectivity index (χ3n) is 11.3. The standard InChI is InChI=1S/C48H46N6/c1-5-9-36(28-52)54-44-18-14-33(31(7-3)20-23-51)25-40(44)42-27-35-12-11-34-26-41-39-24-32(30(6-2)19-22-50)13-17-43(39)53(29(4)10-8-21-49)47(41)37-15-16-38(48(42)54)46(35)45(34)37/h5-10,13-14,17-28,50H,2,11-12,15-16,49,51-52H2,1,3-4H3/b9-5-,21-8-,23-20-,29-10+,30-19+,31-7+,36-28+,50-22?. The molecule has 0 atom stereocenters. The van der Waals surface area contributed by atoms with Gasteiger partial charge in [0.25, 0.3) is 0 Å². The Morgan fingerprint density at radius 1 is 0.704 bits per heavy atom. The van der Waals surface area contributed by atoms with Crippen molar-refractivity contribution in [3.63, 3.8) is 0 Å². The normalized spacial score (nSPS) is 15.2. The molecule has 2 heterocycles. The van der Waals surface area contributed by atoms with Crippen LogP contribution in [-0.4, -0.2) is 15.3 Å². The lowest BCUT2D eigenvalue weighted by Gasteiger charge is -2.31. The number of rotatable bonds is 9. The molecule has 2 aliphatic rings. The minimum Gasteiger partial charge on any atom is -0.405 e. The molecule has 0 aliphatic heterocycles. The molecule has 268 valence electrons. The molecule has 54 heavy (non-hydrogen) atoms. The number of nitrogens with zero attached hydrogens (tertiary/aromatic N) is 2. The van der Waals surface area contributed by atoms with Crippen LogP contribution in [0.15, 0.2) is 122 Å². The number of fused-ring (bicyclic) bond motifs is 8. The highest BCUT2D eigenvalue weighted by Crippen LogP contribution is 2.51. The highest BCUT2D eigenvalue weighted by molar-refractivity contribution is 6.17. The average Bonchev–Trinajstić information content (AvgIpc) is 3.70. The number of aryl methyl sites for hydroxylation is 4. The Morgan fingerprint density at radius 3 is 1.81 bits per heavy atom.